The summed E-state index contributed by atoms with van der Waals surface area (Å²) in [5.74, 6) is -0.649. The van der Waals surface area contributed by atoms with E-state index in [1.54, 1.807) is 12.3 Å². The Labute approximate surface area is 232 Å². The number of carbonyl (C=O) groups excluding carboxylic acids is 2. The Morgan fingerprint density at radius 3 is 2.46 bits per heavy atom. The third-order valence-corrected chi connectivity index (χ3v) is 8.05. The van der Waals surface area contributed by atoms with Gasteiger partial charge in [-0.1, -0.05) is 0 Å². The Kier molecular flexibility index (Phi) is 6.54. The summed E-state index contributed by atoms with van der Waals surface area (Å²) in [6, 6.07) is 5.26. The lowest BCUT2D eigenvalue weighted by molar-refractivity contribution is -0.141. The van der Waals surface area contributed by atoms with E-state index < -0.39 is 41.1 Å². The zero-order valence-corrected chi connectivity index (χ0v) is 21.8. The third-order valence-electron chi connectivity index (χ3n) is 8.05. The standard InChI is InChI=1S/C28H26F4N6O3/c29-19-10-16(26(40)38-7-1-2-21(38)25(33)39)3-4-18(19)20-11-17-12-27(41-22(17)13-34-20)5-8-37(9-6-27)24-15-35-23(14-36-24)28(30,31)32/h3-4,10-11,13-15,21H,1-2,5-9,12H2,(H2,33,39)/t21-/m0/s1. The van der Waals surface area contributed by atoms with Gasteiger partial charge in [0.15, 0.2) is 5.69 Å². The molecule has 0 radical (unpaired) electrons. The largest absolute Gasteiger partial charge is 0.485 e. The van der Waals surface area contributed by atoms with E-state index in [-0.39, 0.29) is 11.1 Å². The first-order chi connectivity index (χ1) is 19.5. The maximum atomic E-state index is 15.2. The van der Waals surface area contributed by atoms with E-state index in [2.05, 4.69) is 15.0 Å². The second kappa shape index (κ2) is 9.96. The quantitative estimate of drug-likeness (QED) is 0.475. The SMILES string of the molecule is NC(=O)[C@@H]1CCCN1C(=O)c1ccc(-c2cc3c(cn2)OC2(CCN(c4cnc(C(F)(F)F)cn4)CC2)C3)c(F)c1. The monoisotopic (exact) mass is 570 g/mol. The number of pyridine rings is 1. The fourth-order valence-electron chi connectivity index (χ4n) is 5.86. The molecule has 13 heteroatoms. The van der Waals surface area contributed by atoms with Crippen molar-refractivity contribution in [3.05, 3.63) is 65.5 Å². The van der Waals surface area contributed by atoms with E-state index in [0.717, 1.165) is 24.0 Å². The highest BCUT2D eigenvalue weighted by Gasteiger charge is 2.43. The van der Waals surface area contributed by atoms with Gasteiger partial charge >= 0.3 is 6.18 Å². The van der Waals surface area contributed by atoms with Crippen LogP contribution in [0.5, 0.6) is 5.75 Å². The van der Waals surface area contributed by atoms with Crippen LogP contribution in [0, 0.1) is 5.82 Å². The van der Waals surface area contributed by atoms with Crippen LogP contribution >= 0.6 is 0 Å². The summed E-state index contributed by atoms with van der Waals surface area (Å²) in [6.45, 7) is 1.43. The van der Waals surface area contributed by atoms with Crippen molar-refractivity contribution in [3.8, 4) is 17.0 Å². The number of halogens is 4. The van der Waals surface area contributed by atoms with Crippen molar-refractivity contribution in [1.82, 2.24) is 19.9 Å². The molecule has 2 amide bonds. The van der Waals surface area contributed by atoms with Crippen molar-refractivity contribution in [2.45, 2.75) is 49.9 Å². The number of piperidine rings is 1. The highest BCUT2D eigenvalue weighted by Crippen LogP contribution is 2.42. The topological polar surface area (TPSA) is 115 Å². The van der Waals surface area contributed by atoms with Gasteiger partial charge in [-0.2, -0.15) is 13.2 Å². The summed E-state index contributed by atoms with van der Waals surface area (Å²) in [7, 11) is 0. The molecule has 41 heavy (non-hydrogen) atoms. The molecule has 2 N–H and O–H groups in total. The summed E-state index contributed by atoms with van der Waals surface area (Å²) in [4.78, 5) is 39.7. The highest BCUT2D eigenvalue weighted by molar-refractivity contribution is 5.98. The number of ether oxygens (including phenoxy) is 1. The molecule has 0 aliphatic carbocycles. The zero-order valence-electron chi connectivity index (χ0n) is 21.8. The Morgan fingerprint density at radius 1 is 1.02 bits per heavy atom. The van der Waals surface area contributed by atoms with Crippen LogP contribution < -0.4 is 15.4 Å². The molecule has 6 rings (SSSR count). The van der Waals surface area contributed by atoms with Crippen molar-refractivity contribution in [2.24, 2.45) is 5.73 Å². The minimum Gasteiger partial charge on any atom is -0.485 e. The lowest BCUT2D eigenvalue weighted by Crippen LogP contribution is -2.47. The number of amides is 2. The number of anilines is 1. The average molecular weight is 571 g/mol. The van der Waals surface area contributed by atoms with Gasteiger partial charge in [0.2, 0.25) is 5.91 Å². The summed E-state index contributed by atoms with van der Waals surface area (Å²) < 4.78 is 59.9. The van der Waals surface area contributed by atoms with Crippen molar-refractivity contribution in [1.29, 1.82) is 0 Å². The Balaban J connectivity index is 1.14. The molecule has 0 unspecified atom stereocenters. The number of rotatable bonds is 4. The molecule has 9 nitrogen and oxygen atoms in total. The van der Waals surface area contributed by atoms with Crippen molar-refractivity contribution in [2.75, 3.05) is 24.5 Å². The number of fused-ring (bicyclic) bond motifs is 1. The van der Waals surface area contributed by atoms with E-state index in [4.69, 9.17) is 10.5 Å². The van der Waals surface area contributed by atoms with Gasteiger partial charge in [0, 0.05) is 55.6 Å². The lowest BCUT2D eigenvalue weighted by Gasteiger charge is -2.39. The van der Waals surface area contributed by atoms with Gasteiger partial charge in [-0.05, 0) is 37.1 Å². The predicted molar refractivity (Wildman–Crippen MR) is 138 cm³/mol. The van der Waals surface area contributed by atoms with Crippen LogP contribution in [0.1, 0.15) is 47.3 Å². The smallest absolute Gasteiger partial charge is 0.434 e. The highest BCUT2D eigenvalue weighted by atomic mass is 19.4. The molecule has 3 aliphatic rings. The Morgan fingerprint density at radius 2 is 1.80 bits per heavy atom. The number of likely N-dealkylation sites (tertiary alicyclic amines) is 1. The summed E-state index contributed by atoms with van der Waals surface area (Å²) >= 11 is 0. The maximum Gasteiger partial charge on any atom is 0.434 e. The molecule has 5 heterocycles. The summed E-state index contributed by atoms with van der Waals surface area (Å²) in [5, 5.41) is 0. The molecular weight excluding hydrogens is 544 g/mol. The van der Waals surface area contributed by atoms with Crippen molar-refractivity contribution < 1.29 is 31.9 Å². The molecule has 1 aromatic carbocycles. The van der Waals surface area contributed by atoms with Crippen LogP contribution in [0.2, 0.25) is 0 Å². The number of benzene rings is 1. The van der Waals surface area contributed by atoms with Gasteiger partial charge < -0.3 is 20.3 Å². The molecule has 214 valence electrons. The number of nitrogens with zero attached hydrogens (tertiary/aromatic N) is 5. The van der Waals surface area contributed by atoms with Gasteiger partial charge in [-0.15, -0.1) is 0 Å². The first-order valence-electron chi connectivity index (χ1n) is 13.3. The third kappa shape index (κ3) is 5.04. The average Bonchev–Trinajstić information content (AvgIpc) is 3.57. The van der Waals surface area contributed by atoms with E-state index >= 15 is 4.39 Å². The summed E-state index contributed by atoms with van der Waals surface area (Å²) in [5.41, 5.74) is 5.51. The van der Waals surface area contributed by atoms with Crippen LogP contribution in [-0.4, -0.2) is 62.9 Å². The molecule has 2 aromatic heterocycles. The van der Waals surface area contributed by atoms with Gasteiger partial charge in [0.1, 0.15) is 29.0 Å². The molecule has 3 aromatic rings. The van der Waals surface area contributed by atoms with Gasteiger partial charge in [-0.25, -0.2) is 14.4 Å². The first kappa shape index (κ1) is 26.9. The van der Waals surface area contributed by atoms with E-state index in [1.165, 1.54) is 17.0 Å². The molecule has 2 fully saturated rings. The Bertz CT molecular complexity index is 1510. The van der Waals surface area contributed by atoms with E-state index in [0.29, 0.717) is 69.0 Å². The second-order valence-electron chi connectivity index (χ2n) is 10.6. The molecular formula is C28H26F4N6O3. The van der Waals surface area contributed by atoms with Crippen LogP contribution in [0.15, 0.2) is 42.9 Å². The maximum absolute atomic E-state index is 15.2. The number of hydrogen-bond donors (Lipinski definition) is 1. The van der Waals surface area contributed by atoms with Crippen molar-refractivity contribution >= 4 is 17.6 Å². The van der Waals surface area contributed by atoms with E-state index in [1.807, 2.05) is 4.90 Å². The molecule has 2 saturated heterocycles. The molecule has 0 saturated carbocycles. The van der Waals surface area contributed by atoms with Crippen LogP contribution in [-0.2, 0) is 17.4 Å². The zero-order chi connectivity index (χ0) is 28.9. The van der Waals surface area contributed by atoms with Crippen molar-refractivity contribution in [3.63, 3.8) is 0 Å². The summed E-state index contributed by atoms with van der Waals surface area (Å²) in [6.07, 6.45) is 1.83. The number of nitrogens with two attached hydrogens (primary N) is 1. The second-order valence-corrected chi connectivity index (χ2v) is 10.6. The minimum atomic E-state index is -4.54. The van der Waals surface area contributed by atoms with Crippen LogP contribution in [0.3, 0.4) is 0 Å². The minimum absolute atomic E-state index is 0.132. The fourth-order valence-corrected chi connectivity index (χ4v) is 5.86. The normalized spacial score (nSPS) is 19.8. The fraction of sp³-hybridized carbons (Fsp3) is 0.393. The van der Waals surface area contributed by atoms with Gasteiger partial charge in [-0.3, -0.25) is 14.6 Å². The molecule has 3 aliphatic heterocycles. The Hall–Kier alpha value is -4.29. The lowest BCUT2D eigenvalue weighted by atomic mass is 9.87. The number of carbonyl (C=O) groups is 2. The molecule has 1 atom stereocenters. The predicted octanol–water partition coefficient (Wildman–Crippen LogP) is 3.76. The molecule has 0 bridgehead atoms. The van der Waals surface area contributed by atoms with Gasteiger partial charge in [0.05, 0.1) is 24.3 Å². The van der Waals surface area contributed by atoms with Crippen LogP contribution in [0.4, 0.5) is 23.4 Å². The van der Waals surface area contributed by atoms with E-state index in [9.17, 15) is 22.8 Å². The number of aromatic nitrogens is 3. The first-order valence-corrected chi connectivity index (χ1v) is 13.3. The van der Waals surface area contributed by atoms with Gasteiger partial charge in [0.25, 0.3) is 5.91 Å². The number of alkyl halides is 3. The molecule has 1 spiro atoms. The van der Waals surface area contributed by atoms with Crippen LogP contribution in [0.25, 0.3) is 11.3 Å². The number of hydrogen-bond acceptors (Lipinski definition) is 7. The number of primary amides is 1.